The topological polar surface area (TPSA) is 44.1 Å². The van der Waals surface area contributed by atoms with Gasteiger partial charge in [0.2, 0.25) is 5.78 Å². The number of aromatic nitrogens is 2. The van der Waals surface area contributed by atoms with Crippen LogP contribution < -0.4 is 0 Å². The smallest absolute Gasteiger partial charge is 0.203 e. The molecule has 1 aliphatic heterocycles. The van der Waals surface area contributed by atoms with E-state index in [4.69, 9.17) is 4.74 Å². The molecule has 1 aliphatic rings. The molecule has 0 spiro atoms. The molecule has 16 heavy (non-hydrogen) atoms. The van der Waals surface area contributed by atoms with Crippen LogP contribution in [0.5, 0.6) is 0 Å². The fraction of sp³-hybridized carbons (Fsp3) is 0.667. The number of carbonyl (C=O) groups excluding carboxylic acids is 1. The Kier molecular flexibility index (Phi) is 3.39. The van der Waals surface area contributed by atoms with E-state index >= 15 is 0 Å². The van der Waals surface area contributed by atoms with Crippen molar-refractivity contribution in [2.24, 2.45) is 5.92 Å². The first-order valence-corrected chi connectivity index (χ1v) is 5.89. The van der Waals surface area contributed by atoms with Crippen LogP contribution in [0.2, 0.25) is 0 Å². The van der Waals surface area contributed by atoms with E-state index in [1.54, 1.807) is 6.20 Å². The van der Waals surface area contributed by atoms with Crippen molar-refractivity contribution in [3.8, 4) is 0 Å². The summed E-state index contributed by atoms with van der Waals surface area (Å²) < 4.78 is 7.36. The van der Waals surface area contributed by atoms with Crippen LogP contribution in [0.25, 0.3) is 0 Å². The summed E-state index contributed by atoms with van der Waals surface area (Å²) in [5.74, 6) is 0.709. The molecule has 0 aliphatic carbocycles. The van der Waals surface area contributed by atoms with E-state index in [1.165, 1.54) is 0 Å². The van der Waals surface area contributed by atoms with Gasteiger partial charge in [-0.3, -0.25) is 4.79 Å². The third-order valence-corrected chi connectivity index (χ3v) is 2.97. The summed E-state index contributed by atoms with van der Waals surface area (Å²) in [6.45, 7) is 5.49. The molecule has 4 heteroatoms. The lowest BCUT2D eigenvalue weighted by Crippen LogP contribution is -2.19. The minimum absolute atomic E-state index is 0.00648. The highest BCUT2D eigenvalue weighted by molar-refractivity contribution is 5.95. The molecule has 88 valence electrons. The van der Waals surface area contributed by atoms with E-state index in [-0.39, 0.29) is 17.8 Å². The van der Waals surface area contributed by atoms with Gasteiger partial charge in [0.05, 0.1) is 18.6 Å². The predicted molar refractivity (Wildman–Crippen MR) is 60.4 cm³/mol. The molecule has 0 radical (unpaired) electrons. The predicted octanol–water partition coefficient (Wildman–Crippen LogP) is 1.90. The highest BCUT2D eigenvalue weighted by Crippen LogP contribution is 2.22. The molecule has 4 nitrogen and oxygen atoms in total. The van der Waals surface area contributed by atoms with Gasteiger partial charge in [0.1, 0.15) is 0 Å². The van der Waals surface area contributed by atoms with E-state index in [2.05, 4.69) is 11.9 Å². The van der Waals surface area contributed by atoms with Crippen LogP contribution in [-0.4, -0.2) is 28.0 Å². The maximum atomic E-state index is 12.2. The van der Waals surface area contributed by atoms with Crippen LogP contribution in [0.1, 0.15) is 37.3 Å². The van der Waals surface area contributed by atoms with Gasteiger partial charge in [0.25, 0.3) is 0 Å². The second-order valence-corrected chi connectivity index (χ2v) is 4.39. The number of ketones is 1. The Balaban J connectivity index is 2.11. The maximum Gasteiger partial charge on any atom is 0.203 e. The molecule has 2 heterocycles. The zero-order chi connectivity index (χ0) is 11.5. The normalized spacial score (nSPS) is 24.9. The van der Waals surface area contributed by atoms with Crippen molar-refractivity contribution < 1.29 is 9.53 Å². The number of carbonyl (C=O) groups is 1. The molecule has 0 aromatic carbocycles. The van der Waals surface area contributed by atoms with Crippen molar-refractivity contribution in [1.29, 1.82) is 0 Å². The van der Waals surface area contributed by atoms with Crippen molar-refractivity contribution in [3.63, 3.8) is 0 Å². The molecular weight excluding hydrogens is 204 g/mol. The third kappa shape index (κ3) is 2.16. The lowest BCUT2D eigenvalue weighted by Gasteiger charge is -2.08. The average Bonchev–Trinajstić information content (AvgIpc) is 2.87. The standard InChI is InChI=1S/C12H18N2O2/c1-3-5-14-6-4-13-12(14)11(15)10-7-9(2)16-8-10/h4,6,9-10H,3,5,7-8H2,1-2H3. The van der Waals surface area contributed by atoms with E-state index in [1.807, 2.05) is 17.7 Å². The maximum absolute atomic E-state index is 12.2. The van der Waals surface area contributed by atoms with E-state index in [0.29, 0.717) is 12.4 Å². The van der Waals surface area contributed by atoms with Crippen molar-refractivity contribution in [1.82, 2.24) is 9.55 Å². The number of rotatable bonds is 4. The minimum Gasteiger partial charge on any atom is -0.378 e. The monoisotopic (exact) mass is 222 g/mol. The van der Waals surface area contributed by atoms with Gasteiger partial charge in [-0.15, -0.1) is 0 Å². The Labute approximate surface area is 95.6 Å². The zero-order valence-corrected chi connectivity index (χ0v) is 9.85. The summed E-state index contributed by atoms with van der Waals surface area (Å²) in [5, 5.41) is 0. The van der Waals surface area contributed by atoms with Gasteiger partial charge in [-0.05, 0) is 19.8 Å². The Bertz CT molecular complexity index is 373. The number of nitrogens with zero attached hydrogens (tertiary/aromatic N) is 2. The molecule has 0 amide bonds. The summed E-state index contributed by atoms with van der Waals surface area (Å²) in [7, 11) is 0. The summed E-state index contributed by atoms with van der Waals surface area (Å²) in [5.41, 5.74) is 0. The SMILES string of the molecule is CCCn1ccnc1C(=O)C1COC(C)C1. The van der Waals surface area contributed by atoms with Gasteiger partial charge < -0.3 is 9.30 Å². The van der Waals surface area contributed by atoms with Gasteiger partial charge in [-0.25, -0.2) is 4.98 Å². The second-order valence-electron chi connectivity index (χ2n) is 4.39. The Morgan fingerprint density at radius 1 is 1.69 bits per heavy atom. The molecule has 0 bridgehead atoms. The summed E-state index contributed by atoms with van der Waals surface area (Å²) in [6.07, 6.45) is 5.59. The van der Waals surface area contributed by atoms with E-state index in [0.717, 1.165) is 19.4 Å². The Hall–Kier alpha value is -1.16. The largest absolute Gasteiger partial charge is 0.378 e. The third-order valence-electron chi connectivity index (χ3n) is 2.97. The molecule has 0 saturated carbocycles. The van der Waals surface area contributed by atoms with Gasteiger partial charge in [0, 0.05) is 18.9 Å². The Morgan fingerprint density at radius 3 is 3.12 bits per heavy atom. The quantitative estimate of drug-likeness (QED) is 0.731. The average molecular weight is 222 g/mol. The molecule has 2 atom stereocenters. The fourth-order valence-corrected chi connectivity index (χ4v) is 2.14. The lowest BCUT2D eigenvalue weighted by molar-refractivity contribution is 0.0863. The highest BCUT2D eigenvalue weighted by Gasteiger charge is 2.31. The summed E-state index contributed by atoms with van der Waals surface area (Å²) in [4.78, 5) is 16.3. The molecular formula is C12H18N2O2. The second kappa shape index (κ2) is 4.78. The molecule has 1 aromatic heterocycles. The number of imidazole rings is 1. The van der Waals surface area contributed by atoms with Gasteiger partial charge >= 0.3 is 0 Å². The highest BCUT2D eigenvalue weighted by atomic mass is 16.5. The summed E-state index contributed by atoms with van der Waals surface area (Å²) in [6, 6.07) is 0. The van der Waals surface area contributed by atoms with Crippen molar-refractivity contribution >= 4 is 5.78 Å². The number of Topliss-reactive ketones (excluding diaryl/α,β-unsaturated/α-hetero) is 1. The number of hydrogen-bond acceptors (Lipinski definition) is 3. The zero-order valence-electron chi connectivity index (χ0n) is 9.85. The van der Waals surface area contributed by atoms with Gasteiger partial charge in [-0.2, -0.15) is 0 Å². The number of aryl methyl sites for hydroxylation is 1. The van der Waals surface area contributed by atoms with E-state index in [9.17, 15) is 4.79 Å². The first kappa shape index (κ1) is 11.3. The summed E-state index contributed by atoms with van der Waals surface area (Å²) >= 11 is 0. The number of hydrogen-bond donors (Lipinski definition) is 0. The van der Waals surface area contributed by atoms with Crippen LogP contribution in [0.15, 0.2) is 12.4 Å². The number of ether oxygens (including phenoxy) is 1. The van der Waals surface area contributed by atoms with Gasteiger partial charge in [0.15, 0.2) is 5.82 Å². The van der Waals surface area contributed by atoms with E-state index < -0.39 is 0 Å². The first-order valence-electron chi connectivity index (χ1n) is 5.89. The van der Waals surface area contributed by atoms with Crippen molar-refractivity contribution in [2.45, 2.75) is 39.3 Å². The van der Waals surface area contributed by atoms with Crippen LogP contribution in [-0.2, 0) is 11.3 Å². The molecule has 1 saturated heterocycles. The minimum atomic E-state index is -0.00648. The van der Waals surface area contributed by atoms with Gasteiger partial charge in [-0.1, -0.05) is 6.92 Å². The molecule has 2 unspecified atom stereocenters. The van der Waals surface area contributed by atoms with Crippen LogP contribution in [0.3, 0.4) is 0 Å². The van der Waals surface area contributed by atoms with Crippen molar-refractivity contribution in [2.75, 3.05) is 6.61 Å². The van der Waals surface area contributed by atoms with Crippen LogP contribution in [0.4, 0.5) is 0 Å². The van der Waals surface area contributed by atoms with Crippen LogP contribution in [0, 0.1) is 5.92 Å². The fourth-order valence-electron chi connectivity index (χ4n) is 2.14. The first-order chi connectivity index (χ1) is 7.72. The molecule has 0 N–H and O–H groups in total. The Morgan fingerprint density at radius 2 is 2.50 bits per heavy atom. The molecule has 1 fully saturated rings. The lowest BCUT2D eigenvalue weighted by atomic mass is 10.0. The molecule has 2 rings (SSSR count). The van der Waals surface area contributed by atoms with Crippen LogP contribution >= 0.6 is 0 Å². The molecule has 1 aromatic rings. The van der Waals surface area contributed by atoms with Crippen molar-refractivity contribution in [3.05, 3.63) is 18.2 Å².